The minimum absolute atomic E-state index is 0.138. The second-order valence-electron chi connectivity index (χ2n) is 4.20. The highest BCUT2D eigenvalue weighted by molar-refractivity contribution is 9.08. The number of rotatable bonds is 3. The third-order valence-electron chi connectivity index (χ3n) is 3.24. The third kappa shape index (κ3) is 2.63. The van der Waals surface area contributed by atoms with Crippen LogP contribution in [0, 0.1) is 5.82 Å². The Labute approximate surface area is 110 Å². The van der Waals surface area contributed by atoms with Gasteiger partial charge in [0, 0.05) is 23.1 Å². The molecular formula is C13H17BrFNO. The lowest BCUT2D eigenvalue weighted by Crippen LogP contribution is -2.45. The molecule has 4 heteroatoms. The van der Waals surface area contributed by atoms with E-state index >= 15 is 0 Å². The molecule has 1 unspecified atom stereocenters. The van der Waals surface area contributed by atoms with Gasteiger partial charge in [0.2, 0.25) is 0 Å². The van der Waals surface area contributed by atoms with Gasteiger partial charge in [-0.15, -0.1) is 0 Å². The van der Waals surface area contributed by atoms with Crippen molar-refractivity contribution in [2.24, 2.45) is 0 Å². The highest BCUT2D eigenvalue weighted by Crippen LogP contribution is 2.29. The molecule has 0 aliphatic carbocycles. The molecule has 0 radical (unpaired) electrons. The number of nitrogens with zero attached hydrogens (tertiary/aromatic N) is 1. The fourth-order valence-corrected chi connectivity index (χ4v) is 2.81. The summed E-state index contributed by atoms with van der Waals surface area (Å²) in [5.41, 5.74) is 1.74. The zero-order valence-corrected chi connectivity index (χ0v) is 11.5. The van der Waals surface area contributed by atoms with Gasteiger partial charge in [0.15, 0.2) is 0 Å². The topological polar surface area (TPSA) is 12.5 Å². The fraction of sp³-hybridized carbons (Fsp3) is 0.538. The highest BCUT2D eigenvalue weighted by atomic mass is 79.9. The fourth-order valence-electron chi connectivity index (χ4n) is 2.26. The molecule has 94 valence electrons. The number of morpholine rings is 1. The monoisotopic (exact) mass is 301 g/mol. The van der Waals surface area contributed by atoms with E-state index in [1.807, 2.05) is 6.07 Å². The summed E-state index contributed by atoms with van der Waals surface area (Å²) in [6.07, 6.45) is 1.01. The van der Waals surface area contributed by atoms with E-state index in [1.165, 1.54) is 6.07 Å². The van der Waals surface area contributed by atoms with Crippen LogP contribution in [0.1, 0.15) is 18.9 Å². The number of benzene rings is 1. The Bertz CT molecular complexity index is 386. The standard InChI is InChI=1S/C13H17BrFNO/c1-2-10-9-17-7-6-16(10)13-5-3-4-12(15)11(13)8-14/h3-5,10H,2,6-9H2,1H3. The third-order valence-corrected chi connectivity index (χ3v) is 3.80. The van der Waals surface area contributed by atoms with Gasteiger partial charge in [0.25, 0.3) is 0 Å². The number of ether oxygens (including phenoxy) is 1. The minimum atomic E-state index is -0.138. The number of hydrogen-bond acceptors (Lipinski definition) is 2. The Kier molecular flexibility index (Phi) is 4.40. The van der Waals surface area contributed by atoms with Gasteiger partial charge in [0.05, 0.1) is 19.3 Å². The number of alkyl halides is 1. The summed E-state index contributed by atoms with van der Waals surface area (Å²) in [6.45, 7) is 4.42. The first kappa shape index (κ1) is 12.8. The summed E-state index contributed by atoms with van der Waals surface area (Å²) in [5, 5.41) is 0.544. The van der Waals surface area contributed by atoms with Gasteiger partial charge >= 0.3 is 0 Å². The number of anilines is 1. The molecule has 0 N–H and O–H groups in total. The predicted molar refractivity (Wildman–Crippen MR) is 71.3 cm³/mol. The molecule has 0 saturated carbocycles. The molecule has 1 atom stereocenters. The second-order valence-corrected chi connectivity index (χ2v) is 4.76. The van der Waals surface area contributed by atoms with Gasteiger partial charge in [-0.25, -0.2) is 4.39 Å². The molecular weight excluding hydrogens is 285 g/mol. The van der Waals surface area contributed by atoms with E-state index in [0.717, 1.165) is 37.4 Å². The first-order valence-electron chi connectivity index (χ1n) is 5.95. The molecule has 0 spiro atoms. The van der Waals surface area contributed by atoms with E-state index in [4.69, 9.17) is 4.74 Å². The average Bonchev–Trinajstić information content (AvgIpc) is 2.38. The Hall–Kier alpha value is -0.610. The van der Waals surface area contributed by atoms with Crippen molar-refractivity contribution in [2.75, 3.05) is 24.7 Å². The summed E-state index contributed by atoms with van der Waals surface area (Å²) in [6, 6.07) is 5.64. The largest absolute Gasteiger partial charge is 0.377 e. The van der Waals surface area contributed by atoms with E-state index in [0.29, 0.717) is 11.4 Å². The second kappa shape index (κ2) is 5.83. The quantitative estimate of drug-likeness (QED) is 0.794. The molecule has 1 aliphatic rings. The molecule has 1 heterocycles. The minimum Gasteiger partial charge on any atom is -0.377 e. The number of hydrogen-bond donors (Lipinski definition) is 0. The Morgan fingerprint density at radius 2 is 2.35 bits per heavy atom. The zero-order chi connectivity index (χ0) is 12.3. The summed E-state index contributed by atoms with van der Waals surface area (Å²) in [4.78, 5) is 2.27. The van der Waals surface area contributed by atoms with Crippen molar-refractivity contribution in [1.82, 2.24) is 0 Å². The smallest absolute Gasteiger partial charge is 0.129 e. The Morgan fingerprint density at radius 1 is 1.53 bits per heavy atom. The lowest BCUT2D eigenvalue weighted by Gasteiger charge is -2.38. The Morgan fingerprint density at radius 3 is 3.06 bits per heavy atom. The molecule has 1 fully saturated rings. The molecule has 1 aliphatic heterocycles. The van der Waals surface area contributed by atoms with Crippen LogP contribution in [0.5, 0.6) is 0 Å². The molecule has 0 bridgehead atoms. The maximum atomic E-state index is 13.7. The van der Waals surface area contributed by atoms with Gasteiger partial charge < -0.3 is 9.64 Å². The van der Waals surface area contributed by atoms with Crippen LogP contribution in [-0.2, 0) is 10.1 Å². The van der Waals surface area contributed by atoms with E-state index in [2.05, 4.69) is 27.8 Å². The van der Waals surface area contributed by atoms with Crippen LogP contribution in [0.2, 0.25) is 0 Å². The molecule has 1 saturated heterocycles. The molecule has 1 aromatic carbocycles. The first-order valence-corrected chi connectivity index (χ1v) is 7.07. The zero-order valence-electron chi connectivity index (χ0n) is 9.96. The van der Waals surface area contributed by atoms with Crippen molar-refractivity contribution in [3.05, 3.63) is 29.6 Å². The van der Waals surface area contributed by atoms with Gasteiger partial charge in [-0.05, 0) is 18.6 Å². The van der Waals surface area contributed by atoms with Crippen LogP contribution in [0.15, 0.2) is 18.2 Å². The summed E-state index contributed by atoms with van der Waals surface area (Å²) in [7, 11) is 0. The maximum Gasteiger partial charge on any atom is 0.129 e. The van der Waals surface area contributed by atoms with Gasteiger partial charge in [-0.2, -0.15) is 0 Å². The van der Waals surface area contributed by atoms with E-state index in [-0.39, 0.29) is 5.82 Å². The van der Waals surface area contributed by atoms with Crippen LogP contribution in [0.3, 0.4) is 0 Å². The van der Waals surface area contributed by atoms with Crippen LogP contribution >= 0.6 is 15.9 Å². The van der Waals surface area contributed by atoms with Crippen LogP contribution in [0.25, 0.3) is 0 Å². The average molecular weight is 302 g/mol. The van der Waals surface area contributed by atoms with Gasteiger partial charge in [0.1, 0.15) is 5.82 Å². The van der Waals surface area contributed by atoms with Crippen LogP contribution in [0.4, 0.5) is 10.1 Å². The normalized spacial score (nSPS) is 20.6. The van der Waals surface area contributed by atoms with Crippen molar-refractivity contribution in [1.29, 1.82) is 0 Å². The molecule has 17 heavy (non-hydrogen) atoms. The highest BCUT2D eigenvalue weighted by Gasteiger charge is 2.24. The van der Waals surface area contributed by atoms with Crippen molar-refractivity contribution >= 4 is 21.6 Å². The van der Waals surface area contributed by atoms with Gasteiger partial charge in [-0.3, -0.25) is 0 Å². The molecule has 2 rings (SSSR count). The van der Waals surface area contributed by atoms with E-state index in [9.17, 15) is 4.39 Å². The lowest BCUT2D eigenvalue weighted by molar-refractivity contribution is 0.0929. The SMILES string of the molecule is CCC1COCCN1c1cccc(F)c1CBr. The van der Waals surface area contributed by atoms with Gasteiger partial charge in [-0.1, -0.05) is 28.9 Å². The van der Waals surface area contributed by atoms with Crippen LogP contribution < -0.4 is 4.90 Å². The summed E-state index contributed by atoms with van der Waals surface area (Å²) < 4.78 is 19.2. The van der Waals surface area contributed by atoms with E-state index < -0.39 is 0 Å². The summed E-state index contributed by atoms with van der Waals surface area (Å²) >= 11 is 3.37. The van der Waals surface area contributed by atoms with E-state index in [1.54, 1.807) is 6.07 Å². The van der Waals surface area contributed by atoms with Crippen molar-refractivity contribution in [3.63, 3.8) is 0 Å². The molecule has 0 aromatic heterocycles. The predicted octanol–water partition coefficient (Wildman–Crippen LogP) is 3.34. The van der Waals surface area contributed by atoms with Crippen molar-refractivity contribution in [3.8, 4) is 0 Å². The summed E-state index contributed by atoms with van der Waals surface area (Å²) in [5.74, 6) is -0.138. The Balaban J connectivity index is 2.34. The lowest BCUT2D eigenvalue weighted by atomic mass is 10.1. The van der Waals surface area contributed by atoms with Crippen molar-refractivity contribution < 1.29 is 9.13 Å². The van der Waals surface area contributed by atoms with Crippen molar-refractivity contribution in [2.45, 2.75) is 24.7 Å². The van der Waals surface area contributed by atoms with Crippen LogP contribution in [-0.4, -0.2) is 25.8 Å². The first-order chi connectivity index (χ1) is 8.27. The molecule has 1 aromatic rings. The molecule has 2 nitrogen and oxygen atoms in total. The maximum absolute atomic E-state index is 13.7. The number of halogens is 2. The molecule has 0 amide bonds.